The summed E-state index contributed by atoms with van der Waals surface area (Å²) in [5, 5.41) is 0. The van der Waals surface area contributed by atoms with Crippen LogP contribution < -0.4 is 0 Å². The van der Waals surface area contributed by atoms with Crippen LogP contribution in [0.4, 0.5) is 0 Å². The lowest BCUT2D eigenvalue weighted by Gasteiger charge is -1.78. The van der Waals surface area contributed by atoms with E-state index in [2.05, 4.69) is 22.5 Å². The summed E-state index contributed by atoms with van der Waals surface area (Å²) >= 11 is 8.28. The fourth-order valence-corrected chi connectivity index (χ4v) is 0. The van der Waals surface area contributed by atoms with Crippen LogP contribution in [0.2, 0.25) is 0 Å². The molecule has 0 aromatic heterocycles. The lowest BCUT2D eigenvalue weighted by atomic mass is 10.8. The summed E-state index contributed by atoms with van der Waals surface area (Å²) in [6.07, 6.45) is 1.60. The standard InChI is InChI=1S/C3H4BrCl/c1-2-3(4)5/h2-3H,1H2. The number of allylic oxidation sites excluding steroid dienone is 1. The van der Waals surface area contributed by atoms with Crippen molar-refractivity contribution in [1.82, 2.24) is 0 Å². The van der Waals surface area contributed by atoms with E-state index in [4.69, 9.17) is 11.6 Å². The molecule has 0 radical (unpaired) electrons. The smallest absolute Gasteiger partial charge is 0.106 e. The molecular formula is C3H4BrCl. The molecule has 2 heteroatoms. The first-order valence-electron chi connectivity index (χ1n) is 1.18. The van der Waals surface area contributed by atoms with Gasteiger partial charge in [-0.3, -0.25) is 0 Å². The highest BCUT2D eigenvalue weighted by Crippen LogP contribution is 2.02. The Morgan fingerprint density at radius 2 is 2.20 bits per heavy atom. The van der Waals surface area contributed by atoms with Crippen LogP contribution >= 0.6 is 27.5 Å². The zero-order valence-electron chi connectivity index (χ0n) is 2.62. The second-order valence-corrected chi connectivity index (χ2v) is 2.55. The molecule has 0 N–H and O–H groups in total. The van der Waals surface area contributed by atoms with Gasteiger partial charge in [-0.05, 0) is 0 Å². The van der Waals surface area contributed by atoms with Crippen molar-refractivity contribution in [2.45, 2.75) is 4.29 Å². The number of hydrogen-bond donors (Lipinski definition) is 0. The Kier molecular flexibility index (Phi) is 3.01. The first kappa shape index (κ1) is 5.51. The minimum Gasteiger partial charge on any atom is -0.106 e. The molecule has 0 bridgehead atoms. The van der Waals surface area contributed by atoms with Gasteiger partial charge < -0.3 is 0 Å². The predicted molar refractivity (Wildman–Crippen MR) is 28.8 cm³/mol. The van der Waals surface area contributed by atoms with Crippen molar-refractivity contribution in [3.63, 3.8) is 0 Å². The molecule has 0 spiro atoms. The molecular weight excluding hydrogens is 151 g/mol. The average molecular weight is 155 g/mol. The van der Waals surface area contributed by atoms with Crippen LogP contribution in [-0.4, -0.2) is 4.29 Å². The Hall–Kier alpha value is 0.510. The van der Waals surface area contributed by atoms with Crippen LogP contribution in [0.5, 0.6) is 0 Å². The molecule has 0 aromatic rings. The van der Waals surface area contributed by atoms with Crippen molar-refractivity contribution < 1.29 is 0 Å². The Bertz CT molecular complexity index is 33.9. The van der Waals surface area contributed by atoms with E-state index >= 15 is 0 Å². The normalized spacial score (nSPS) is 14.0. The predicted octanol–water partition coefficient (Wildman–Crippen LogP) is 2.13. The Morgan fingerprint density at radius 1 is 2.00 bits per heavy atom. The van der Waals surface area contributed by atoms with Gasteiger partial charge in [-0.1, -0.05) is 22.0 Å². The maximum absolute atomic E-state index is 5.26. The van der Waals surface area contributed by atoms with E-state index in [-0.39, 0.29) is 4.29 Å². The zero-order chi connectivity index (χ0) is 4.28. The third-order valence-electron chi connectivity index (χ3n) is 0.178. The van der Waals surface area contributed by atoms with E-state index < -0.39 is 0 Å². The van der Waals surface area contributed by atoms with Gasteiger partial charge >= 0.3 is 0 Å². The van der Waals surface area contributed by atoms with E-state index in [1.54, 1.807) is 6.08 Å². The maximum atomic E-state index is 5.26. The quantitative estimate of drug-likeness (QED) is 0.402. The van der Waals surface area contributed by atoms with Gasteiger partial charge in [0.15, 0.2) is 0 Å². The molecule has 0 saturated heterocycles. The highest BCUT2D eigenvalue weighted by molar-refractivity contribution is 9.10. The van der Waals surface area contributed by atoms with E-state index in [0.29, 0.717) is 0 Å². The molecule has 0 aliphatic rings. The van der Waals surface area contributed by atoms with E-state index in [0.717, 1.165) is 0 Å². The summed E-state index contributed by atoms with van der Waals surface area (Å²) in [7, 11) is 0. The number of alkyl halides is 2. The van der Waals surface area contributed by atoms with Crippen LogP contribution in [0, 0.1) is 0 Å². The zero-order valence-corrected chi connectivity index (χ0v) is 4.96. The van der Waals surface area contributed by atoms with Crippen molar-refractivity contribution in [2.24, 2.45) is 0 Å². The van der Waals surface area contributed by atoms with Crippen molar-refractivity contribution in [2.75, 3.05) is 0 Å². The van der Waals surface area contributed by atoms with Crippen molar-refractivity contribution in [3.8, 4) is 0 Å². The lowest BCUT2D eigenvalue weighted by Crippen LogP contribution is -1.67. The van der Waals surface area contributed by atoms with Crippen LogP contribution in [0.15, 0.2) is 12.7 Å². The number of halogens is 2. The van der Waals surface area contributed by atoms with Crippen LogP contribution in [0.3, 0.4) is 0 Å². The summed E-state index contributed by atoms with van der Waals surface area (Å²) < 4.78 is -0.0671. The monoisotopic (exact) mass is 154 g/mol. The van der Waals surface area contributed by atoms with Gasteiger partial charge in [0.25, 0.3) is 0 Å². The lowest BCUT2D eigenvalue weighted by molar-refractivity contribution is 1.70. The SMILES string of the molecule is C=CC(Cl)Br. The minimum absolute atomic E-state index is 0.0671. The first-order chi connectivity index (χ1) is 2.27. The molecule has 0 fully saturated rings. The Labute approximate surface area is 45.0 Å². The Balaban J connectivity index is 2.83. The third-order valence-corrected chi connectivity index (χ3v) is 0.730. The third kappa shape index (κ3) is 4.51. The van der Waals surface area contributed by atoms with Crippen molar-refractivity contribution in [1.29, 1.82) is 0 Å². The molecule has 0 heterocycles. The van der Waals surface area contributed by atoms with Gasteiger partial charge in [-0.2, -0.15) is 0 Å². The van der Waals surface area contributed by atoms with Crippen molar-refractivity contribution in [3.05, 3.63) is 12.7 Å². The highest BCUT2D eigenvalue weighted by Gasteiger charge is 1.80. The second kappa shape index (κ2) is 2.73. The van der Waals surface area contributed by atoms with Gasteiger partial charge in [0.2, 0.25) is 0 Å². The van der Waals surface area contributed by atoms with Gasteiger partial charge in [0.05, 0.1) is 0 Å². The number of hydrogen-bond acceptors (Lipinski definition) is 0. The fraction of sp³-hybridized carbons (Fsp3) is 0.333. The van der Waals surface area contributed by atoms with Crippen molar-refractivity contribution >= 4 is 27.5 Å². The topological polar surface area (TPSA) is 0 Å². The summed E-state index contributed by atoms with van der Waals surface area (Å²) in [4.78, 5) is 0. The molecule has 0 aliphatic carbocycles. The molecule has 0 aliphatic heterocycles. The first-order valence-corrected chi connectivity index (χ1v) is 2.53. The summed E-state index contributed by atoms with van der Waals surface area (Å²) in [6.45, 7) is 3.38. The summed E-state index contributed by atoms with van der Waals surface area (Å²) in [5.41, 5.74) is 0. The maximum Gasteiger partial charge on any atom is 0.106 e. The van der Waals surface area contributed by atoms with Gasteiger partial charge in [0.1, 0.15) is 4.29 Å². The largest absolute Gasteiger partial charge is 0.106 e. The van der Waals surface area contributed by atoms with Gasteiger partial charge in [0, 0.05) is 0 Å². The average Bonchev–Trinajstić information content (AvgIpc) is 1.38. The minimum atomic E-state index is -0.0671. The molecule has 0 rings (SSSR count). The number of rotatable bonds is 1. The second-order valence-electron chi connectivity index (χ2n) is 0.570. The van der Waals surface area contributed by atoms with E-state index in [9.17, 15) is 0 Å². The molecule has 1 atom stereocenters. The molecule has 0 nitrogen and oxygen atoms in total. The van der Waals surface area contributed by atoms with Crippen LogP contribution in [0.25, 0.3) is 0 Å². The van der Waals surface area contributed by atoms with E-state index in [1.165, 1.54) is 0 Å². The van der Waals surface area contributed by atoms with Crippen LogP contribution in [0.1, 0.15) is 0 Å². The highest BCUT2D eigenvalue weighted by atomic mass is 79.9. The summed E-state index contributed by atoms with van der Waals surface area (Å²) in [5.74, 6) is 0. The summed E-state index contributed by atoms with van der Waals surface area (Å²) in [6, 6.07) is 0. The van der Waals surface area contributed by atoms with Gasteiger partial charge in [-0.25, -0.2) is 0 Å². The van der Waals surface area contributed by atoms with Crippen LogP contribution in [-0.2, 0) is 0 Å². The van der Waals surface area contributed by atoms with Gasteiger partial charge in [-0.15, -0.1) is 18.2 Å². The fourth-order valence-electron chi connectivity index (χ4n) is 0. The molecule has 5 heavy (non-hydrogen) atoms. The molecule has 0 saturated carbocycles. The molecule has 30 valence electrons. The molecule has 0 amide bonds. The Morgan fingerprint density at radius 3 is 2.20 bits per heavy atom. The van der Waals surface area contributed by atoms with E-state index in [1.807, 2.05) is 0 Å². The molecule has 1 unspecified atom stereocenters. The molecule has 0 aromatic carbocycles.